The van der Waals surface area contributed by atoms with Gasteiger partial charge in [0.05, 0.1) is 42.6 Å². The summed E-state index contributed by atoms with van der Waals surface area (Å²) in [5.74, 6) is -2.34. The number of nitro groups is 1. The first-order chi connectivity index (χ1) is 15.4. The predicted molar refractivity (Wildman–Crippen MR) is 112 cm³/mol. The Morgan fingerprint density at radius 2 is 1.75 bits per heavy atom. The number of anilines is 2. The van der Waals surface area contributed by atoms with Crippen LogP contribution in [0.15, 0.2) is 59.8 Å². The van der Waals surface area contributed by atoms with Crippen LogP contribution in [-0.4, -0.2) is 50.3 Å². The fraction of sp³-hybridized carbons (Fsp3) is 0.190. The van der Waals surface area contributed by atoms with Gasteiger partial charge in [-0.2, -0.15) is 0 Å². The van der Waals surface area contributed by atoms with Crippen LogP contribution < -0.4 is 10.2 Å². The number of para-hydroxylation sites is 1. The maximum absolute atomic E-state index is 13.0. The first-order valence-electron chi connectivity index (χ1n) is 9.27. The summed E-state index contributed by atoms with van der Waals surface area (Å²) < 4.78 is 15.0. The molecule has 1 heterocycles. The third-order valence-corrected chi connectivity index (χ3v) is 4.59. The highest BCUT2D eigenvalue weighted by Crippen LogP contribution is 2.32. The summed E-state index contributed by atoms with van der Waals surface area (Å²) >= 11 is 0. The molecule has 3 rings (SSSR count). The van der Waals surface area contributed by atoms with Crippen LogP contribution >= 0.6 is 0 Å². The topological polar surface area (TPSA) is 137 Å². The molecule has 0 saturated heterocycles. The Hall–Kier alpha value is -4.25. The van der Waals surface area contributed by atoms with Crippen LogP contribution in [0.1, 0.15) is 10.4 Å². The van der Waals surface area contributed by atoms with Gasteiger partial charge >= 0.3 is 11.9 Å². The van der Waals surface area contributed by atoms with Gasteiger partial charge in [-0.05, 0) is 18.2 Å². The van der Waals surface area contributed by atoms with E-state index in [1.807, 2.05) is 0 Å². The van der Waals surface area contributed by atoms with Gasteiger partial charge in [0.25, 0.3) is 11.6 Å². The molecule has 1 amide bonds. The van der Waals surface area contributed by atoms with E-state index >= 15 is 0 Å². The van der Waals surface area contributed by atoms with E-state index < -0.39 is 22.8 Å². The monoisotopic (exact) mass is 441 g/mol. The Morgan fingerprint density at radius 1 is 1.06 bits per heavy atom. The van der Waals surface area contributed by atoms with Crippen molar-refractivity contribution in [3.8, 4) is 0 Å². The standard InChI is InChI=1S/C21H19N3O8/c1-30-20(26)16-11-32-12-23(18(16)21(27)31-2)17-9-8-14(24(28)29)10-15(17)19(25)22-13-6-4-3-5-7-13/h3-10H,11-12H2,1-2H3,(H,22,25). The molecule has 0 atom stereocenters. The molecule has 0 aliphatic carbocycles. The molecule has 1 aliphatic rings. The number of hydrogen-bond acceptors (Lipinski definition) is 9. The van der Waals surface area contributed by atoms with Crippen molar-refractivity contribution in [1.29, 1.82) is 0 Å². The molecule has 0 aromatic heterocycles. The van der Waals surface area contributed by atoms with E-state index in [1.165, 1.54) is 17.0 Å². The van der Waals surface area contributed by atoms with E-state index in [4.69, 9.17) is 14.2 Å². The molecule has 0 bridgehead atoms. The number of esters is 2. The third kappa shape index (κ3) is 4.57. The second-order valence-electron chi connectivity index (χ2n) is 6.49. The van der Waals surface area contributed by atoms with E-state index in [-0.39, 0.29) is 41.5 Å². The normalized spacial score (nSPS) is 13.4. The number of nitrogens with zero attached hydrogens (tertiary/aromatic N) is 2. The minimum atomic E-state index is -0.860. The Labute approximate surface area is 182 Å². The summed E-state index contributed by atoms with van der Waals surface area (Å²) in [7, 11) is 2.28. The lowest BCUT2D eigenvalue weighted by atomic mass is 10.1. The first-order valence-corrected chi connectivity index (χ1v) is 9.27. The van der Waals surface area contributed by atoms with Gasteiger partial charge in [0.15, 0.2) is 0 Å². The molecule has 1 N–H and O–H groups in total. The summed E-state index contributed by atoms with van der Waals surface area (Å²) in [6, 6.07) is 12.0. The molecule has 0 radical (unpaired) electrons. The molecular weight excluding hydrogens is 422 g/mol. The van der Waals surface area contributed by atoms with E-state index in [2.05, 4.69) is 5.32 Å². The lowest BCUT2D eigenvalue weighted by Crippen LogP contribution is -2.39. The highest BCUT2D eigenvalue weighted by molar-refractivity contribution is 6.10. The van der Waals surface area contributed by atoms with Crippen molar-refractivity contribution >= 4 is 34.9 Å². The fourth-order valence-electron chi connectivity index (χ4n) is 3.11. The van der Waals surface area contributed by atoms with Gasteiger partial charge in [-0.15, -0.1) is 0 Å². The van der Waals surface area contributed by atoms with Crippen LogP contribution in [0.2, 0.25) is 0 Å². The fourth-order valence-corrected chi connectivity index (χ4v) is 3.11. The summed E-state index contributed by atoms with van der Waals surface area (Å²) in [4.78, 5) is 49.7. The van der Waals surface area contributed by atoms with E-state index in [9.17, 15) is 24.5 Å². The molecule has 11 nitrogen and oxygen atoms in total. The molecule has 0 spiro atoms. The summed E-state index contributed by atoms with van der Waals surface area (Å²) in [6.45, 7) is -0.430. The Balaban J connectivity index is 2.14. The molecule has 0 fully saturated rings. The molecule has 166 valence electrons. The number of methoxy groups -OCH3 is 2. The van der Waals surface area contributed by atoms with Gasteiger partial charge in [-0.25, -0.2) is 9.59 Å². The third-order valence-electron chi connectivity index (χ3n) is 4.59. The van der Waals surface area contributed by atoms with Crippen molar-refractivity contribution < 1.29 is 33.5 Å². The smallest absolute Gasteiger partial charge is 0.355 e. The number of carbonyl (C=O) groups excluding carboxylic acids is 3. The Kier molecular flexibility index (Phi) is 6.80. The van der Waals surface area contributed by atoms with E-state index in [0.29, 0.717) is 5.69 Å². The maximum Gasteiger partial charge on any atom is 0.355 e. The minimum Gasteiger partial charge on any atom is -0.466 e. The number of carbonyl (C=O) groups is 3. The molecule has 1 aliphatic heterocycles. The zero-order chi connectivity index (χ0) is 23.3. The number of non-ortho nitro benzene ring substituents is 1. The molecule has 2 aromatic carbocycles. The van der Waals surface area contributed by atoms with Crippen LogP contribution in [0.3, 0.4) is 0 Å². The van der Waals surface area contributed by atoms with Gasteiger partial charge in [-0.1, -0.05) is 18.2 Å². The molecule has 11 heteroatoms. The zero-order valence-electron chi connectivity index (χ0n) is 17.2. The summed E-state index contributed by atoms with van der Waals surface area (Å²) in [5.41, 5.74) is -0.179. The van der Waals surface area contributed by atoms with E-state index in [1.54, 1.807) is 30.3 Å². The van der Waals surface area contributed by atoms with Crippen molar-refractivity contribution in [2.24, 2.45) is 0 Å². The zero-order valence-corrected chi connectivity index (χ0v) is 17.2. The number of nitro benzene ring substituents is 1. The Bertz CT molecular complexity index is 1100. The molecular formula is C21H19N3O8. The highest BCUT2D eigenvalue weighted by Gasteiger charge is 2.34. The lowest BCUT2D eigenvalue weighted by molar-refractivity contribution is -0.384. The second-order valence-corrected chi connectivity index (χ2v) is 6.49. The largest absolute Gasteiger partial charge is 0.466 e. The summed E-state index contributed by atoms with van der Waals surface area (Å²) in [6.07, 6.45) is 0. The molecule has 0 saturated carbocycles. The number of hydrogen-bond donors (Lipinski definition) is 1. The molecule has 2 aromatic rings. The van der Waals surface area contributed by atoms with Crippen molar-refractivity contribution in [2.45, 2.75) is 0 Å². The average Bonchev–Trinajstić information content (AvgIpc) is 2.82. The second kappa shape index (κ2) is 9.71. The number of amides is 1. The first kappa shape index (κ1) is 22.4. The van der Waals surface area contributed by atoms with Crippen molar-refractivity contribution in [3.05, 3.63) is 75.5 Å². The van der Waals surface area contributed by atoms with Gasteiger partial charge < -0.3 is 24.4 Å². The van der Waals surface area contributed by atoms with Crippen LogP contribution in [0.4, 0.5) is 17.1 Å². The molecule has 0 unspecified atom stereocenters. The number of ether oxygens (including phenoxy) is 3. The highest BCUT2D eigenvalue weighted by atomic mass is 16.6. The van der Waals surface area contributed by atoms with Gasteiger partial charge in [0.2, 0.25) is 0 Å². The number of nitrogens with one attached hydrogen (secondary N) is 1. The minimum absolute atomic E-state index is 0.102. The van der Waals surface area contributed by atoms with Crippen molar-refractivity contribution in [1.82, 2.24) is 0 Å². The maximum atomic E-state index is 13.0. The SMILES string of the molecule is COC(=O)C1=C(C(=O)OC)N(c2ccc([N+](=O)[O-])cc2C(=O)Nc2ccccc2)COC1. The number of benzene rings is 2. The van der Waals surface area contributed by atoms with Crippen molar-refractivity contribution in [2.75, 3.05) is 37.8 Å². The van der Waals surface area contributed by atoms with Crippen LogP contribution in [0.25, 0.3) is 0 Å². The quantitative estimate of drug-likeness (QED) is 0.406. The van der Waals surface area contributed by atoms with Crippen LogP contribution in [-0.2, 0) is 23.8 Å². The Morgan fingerprint density at radius 3 is 2.38 bits per heavy atom. The van der Waals surface area contributed by atoms with Gasteiger partial charge in [0.1, 0.15) is 12.4 Å². The number of rotatable bonds is 6. The van der Waals surface area contributed by atoms with E-state index in [0.717, 1.165) is 20.3 Å². The predicted octanol–water partition coefficient (Wildman–Crippen LogP) is 2.24. The van der Waals surface area contributed by atoms with Crippen LogP contribution in [0, 0.1) is 10.1 Å². The van der Waals surface area contributed by atoms with Crippen LogP contribution in [0.5, 0.6) is 0 Å². The molecule has 32 heavy (non-hydrogen) atoms. The van der Waals surface area contributed by atoms with Crippen molar-refractivity contribution in [3.63, 3.8) is 0 Å². The van der Waals surface area contributed by atoms with Gasteiger partial charge in [-0.3, -0.25) is 14.9 Å². The average molecular weight is 441 g/mol. The van der Waals surface area contributed by atoms with Gasteiger partial charge in [0, 0.05) is 17.8 Å². The summed E-state index contributed by atoms with van der Waals surface area (Å²) in [5, 5.41) is 14.0. The lowest BCUT2D eigenvalue weighted by Gasteiger charge is -2.32.